The second-order valence-electron chi connectivity index (χ2n) is 6.25. The van der Waals surface area contributed by atoms with Gasteiger partial charge in [-0.2, -0.15) is 0 Å². The van der Waals surface area contributed by atoms with Crippen LogP contribution in [0.1, 0.15) is 54.9 Å². The van der Waals surface area contributed by atoms with Crippen molar-refractivity contribution >= 4 is 5.91 Å². The summed E-state index contributed by atoms with van der Waals surface area (Å²) in [5, 5.41) is 6.21. The van der Waals surface area contributed by atoms with Crippen molar-refractivity contribution in [1.82, 2.24) is 10.6 Å². The highest BCUT2D eigenvalue weighted by Gasteiger charge is 2.25. The van der Waals surface area contributed by atoms with Crippen LogP contribution in [0.25, 0.3) is 0 Å². The molecular formula is C17H26N2O. The van der Waals surface area contributed by atoms with Gasteiger partial charge in [-0.3, -0.25) is 4.79 Å². The van der Waals surface area contributed by atoms with Crippen molar-refractivity contribution in [2.45, 2.75) is 45.6 Å². The van der Waals surface area contributed by atoms with Gasteiger partial charge in [-0.05, 0) is 36.0 Å². The molecule has 0 heterocycles. The lowest BCUT2D eigenvalue weighted by Crippen LogP contribution is -2.33. The Morgan fingerprint density at radius 1 is 1.15 bits per heavy atom. The first-order valence-corrected chi connectivity index (χ1v) is 7.65. The van der Waals surface area contributed by atoms with E-state index in [9.17, 15) is 4.79 Å². The summed E-state index contributed by atoms with van der Waals surface area (Å²) >= 11 is 0. The maximum absolute atomic E-state index is 11.5. The van der Waals surface area contributed by atoms with E-state index in [1.807, 2.05) is 24.3 Å². The van der Waals surface area contributed by atoms with Gasteiger partial charge in [0.2, 0.25) is 0 Å². The highest BCUT2D eigenvalue weighted by molar-refractivity contribution is 5.93. The Bertz CT molecular complexity index is 433. The van der Waals surface area contributed by atoms with Crippen LogP contribution in [-0.2, 0) is 6.54 Å². The zero-order chi connectivity index (χ0) is 14.4. The molecule has 0 bridgehead atoms. The van der Waals surface area contributed by atoms with Gasteiger partial charge in [0.15, 0.2) is 0 Å². The van der Waals surface area contributed by atoms with E-state index in [0.29, 0.717) is 5.41 Å². The van der Waals surface area contributed by atoms with Crippen LogP contribution in [0.2, 0.25) is 0 Å². The van der Waals surface area contributed by atoms with Gasteiger partial charge in [0.25, 0.3) is 5.91 Å². The summed E-state index contributed by atoms with van der Waals surface area (Å²) in [6.07, 6.45) is 6.83. The van der Waals surface area contributed by atoms with Gasteiger partial charge in [-0.1, -0.05) is 38.3 Å². The SMILES string of the molecule is CNC(=O)c1ccc(CNCC2(C)CCCCC2)cc1. The lowest BCUT2D eigenvalue weighted by molar-refractivity contribution is 0.0963. The first kappa shape index (κ1) is 15.0. The van der Waals surface area contributed by atoms with Crippen molar-refractivity contribution in [3.8, 4) is 0 Å². The molecule has 1 aliphatic rings. The normalized spacial score (nSPS) is 17.7. The third-order valence-corrected chi connectivity index (χ3v) is 4.38. The van der Waals surface area contributed by atoms with Crippen LogP contribution in [0.15, 0.2) is 24.3 Å². The molecule has 0 radical (unpaired) electrons. The summed E-state index contributed by atoms with van der Waals surface area (Å²) in [6.45, 7) is 4.36. The van der Waals surface area contributed by atoms with Gasteiger partial charge in [0.05, 0.1) is 0 Å². The minimum absolute atomic E-state index is 0.0285. The fourth-order valence-electron chi connectivity index (χ4n) is 3.01. The van der Waals surface area contributed by atoms with E-state index in [2.05, 4.69) is 17.6 Å². The summed E-state index contributed by atoms with van der Waals surface area (Å²) in [5.41, 5.74) is 2.42. The van der Waals surface area contributed by atoms with Gasteiger partial charge < -0.3 is 10.6 Å². The topological polar surface area (TPSA) is 41.1 Å². The smallest absolute Gasteiger partial charge is 0.251 e. The largest absolute Gasteiger partial charge is 0.355 e. The average Bonchev–Trinajstić information content (AvgIpc) is 2.48. The number of hydrogen-bond acceptors (Lipinski definition) is 2. The van der Waals surface area contributed by atoms with E-state index in [4.69, 9.17) is 0 Å². The van der Waals surface area contributed by atoms with E-state index >= 15 is 0 Å². The van der Waals surface area contributed by atoms with Crippen LogP contribution >= 0.6 is 0 Å². The molecular weight excluding hydrogens is 248 g/mol. The minimum Gasteiger partial charge on any atom is -0.355 e. The van der Waals surface area contributed by atoms with Crippen LogP contribution in [0.4, 0.5) is 0 Å². The lowest BCUT2D eigenvalue weighted by Gasteiger charge is -2.33. The van der Waals surface area contributed by atoms with Gasteiger partial charge >= 0.3 is 0 Å². The monoisotopic (exact) mass is 274 g/mol. The van der Waals surface area contributed by atoms with Gasteiger partial charge in [0.1, 0.15) is 0 Å². The van der Waals surface area contributed by atoms with Crippen LogP contribution in [0.5, 0.6) is 0 Å². The molecule has 0 aromatic heterocycles. The highest BCUT2D eigenvalue weighted by Crippen LogP contribution is 2.34. The average molecular weight is 274 g/mol. The molecule has 2 N–H and O–H groups in total. The molecule has 110 valence electrons. The second kappa shape index (κ2) is 6.89. The predicted molar refractivity (Wildman–Crippen MR) is 82.7 cm³/mol. The number of benzene rings is 1. The highest BCUT2D eigenvalue weighted by atomic mass is 16.1. The summed E-state index contributed by atoms with van der Waals surface area (Å²) in [5.74, 6) is -0.0285. The van der Waals surface area contributed by atoms with E-state index in [1.54, 1.807) is 7.05 Å². The standard InChI is InChI=1S/C17H26N2O/c1-17(10-4-3-5-11-17)13-19-12-14-6-8-15(9-7-14)16(20)18-2/h6-9,19H,3-5,10-13H2,1-2H3,(H,18,20). The maximum atomic E-state index is 11.5. The van der Waals surface area contributed by atoms with Crippen molar-refractivity contribution in [3.63, 3.8) is 0 Å². The molecule has 1 aromatic carbocycles. The number of nitrogens with one attached hydrogen (secondary N) is 2. The van der Waals surface area contributed by atoms with E-state index < -0.39 is 0 Å². The van der Waals surface area contributed by atoms with E-state index in [0.717, 1.165) is 18.7 Å². The van der Waals surface area contributed by atoms with E-state index in [-0.39, 0.29) is 5.91 Å². The number of rotatable bonds is 5. The molecule has 2 rings (SSSR count). The van der Waals surface area contributed by atoms with Crippen LogP contribution < -0.4 is 10.6 Å². The molecule has 0 spiro atoms. The molecule has 0 saturated heterocycles. The summed E-state index contributed by atoms with van der Waals surface area (Å²) < 4.78 is 0. The third kappa shape index (κ3) is 4.07. The van der Waals surface area contributed by atoms with E-state index in [1.165, 1.54) is 37.7 Å². The third-order valence-electron chi connectivity index (χ3n) is 4.38. The van der Waals surface area contributed by atoms with Crippen LogP contribution in [-0.4, -0.2) is 19.5 Å². The Morgan fingerprint density at radius 3 is 2.40 bits per heavy atom. The van der Waals surface area contributed by atoms with Crippen molar-refractivity contribution in [3.05, 3.63) is 35.4 Å². The molecule has 1 amide bonds. The molecule has 3 nitrogen and oxygen atoms in total. The van der Waals surface area contributed by atoms with Crippen molar-refractivity contribution in [2.75, 3.05) is 13.6 Å². The van der Waals surface area contributed by atoms with Gasteiger partial charge in [-0.15, -0.1) is 0 Å². The first-order valence-electron chi connectivity index (χ1n) is 7.65. The van der Waals surface area contributed by atoms with Crippen LogP contribution in [0.3, 0.4) is 0 Å². The fraction of sp³-hybridized carbons (Fsp3) is 0.588. The zero-order valence-electron chi connectivity index (χ0n) is 12.7. The summed E-state index contributed by atoms with van der Waals surface area (Å²) in [7, 11) is 1.66. The molecule has 20 heavy (non-hydrogen) atoms. The number of hydrogen-bond donors (Lipinski definition) is 2. The number of carbonyl (C=O) groups is 1. The molecule has 1 fully saturated rings. The maximum Gasteiger partial charge on any atom is 0.251 e. The predicted octanol–water partition coefficient (Wildman–Crippen LogP) is 3.11. The Labute approximate surface area is 122 Å². The van der Waals surface area contributed by atoms with Crippen molar-refractivity contribution in [1.29, 1.82) is 0 Å². The Hall–Kier alpha value is -1.35. The molecule has 0 atom stereocenters. The zero-order valence-corrected chi connectivity index (χ0v) is 12.7. The van der Waals surface area contributed by atoms with Crippen LogP contribution in [0, 0.1) is 5.41 Å². The molecule has 0 aliphatic heterocycles. The Kier molecular flexibility index (Phi) is 5.18. The summed E-state index contributed by atoms with van der Waals surface area (Å²) in [6, 6.07) is 7.83. The van der Waals surface area contributed by atoms with Crippen molar-refractivity contribution < 1.29 is 4.79 Å². The molecule has 0 unspecified atom stereocenters. The molecule has 1 aromatic rings. The molecule has 3 heteroatoms. The summed E-state index contributed by atoms with van der Waals surface area (Å²) in [4.78, 5) is 11.5. The van der Waals surface area contributed by atoms with Crippen molar-refractivity contribution in [2.24, 2.45) is 5.41 Å². The number of carbonyl (C=O) groups excluding carboxylic acids is 1. The molecule has 1 saturated carbocycles. The Balaban J connectivity index is 1.80. The Morgan fingerprint density at radius 2 is 1.80 bits per heavy atom. The van der Waals surface area contributed by atoms with Gasteiger partial charge in [-0.25, -0.2) is 0 Å². The second-order valence-corrected chi connectivity index (χ2v) is 6.25. The van der Waals surface area contributed by atoms with Gasteiger partial charge in [0, 0.05) is 25.7 Å². The first-order chi connectivity index (χ1) is 9.63. The number of amides is 1. The molecule has 1 aliphatic carbocycles. The lowest BCUT2D eigenvalue weighted by atomic mass is 9.76. The fourth-order valence-corrected chi connectivity index (χ4v) is 3.01. The quantitative estimate of drug-likeness (QED) is 0.866. The minimum atomic E-state index is -0.0285.